The van der Waals surface area contributed by atoms with Crippen LogP contribution in [0.1, 0.15) is 23.1 Å². The van der Waals surface area contributed by atoms with E-state index >= 15 is 0 Å². The van der Waals surface area contributed by atoms with Crippen LogP contribution in [0.3, 0.4) is 0 Å². The van der Waals surface area contributed by atoms with Gasteiger partial charge in [0.05, 0.1) is 0 Å². The maximum absolute atomic E-state index is 12.5. The molecular formula is C21H26N2O2. The van der Waals surface area contributed by atoms with Gasteiger partial charge in [0.25, 0.3) is 0 Å². The van der Waals surface area contributed by atoms with Crippen molar-refractivity contribution in [1.29, 1.82) is 0 Å². The van der Waals surface area contributed by atoms with E-state index in [9.17, 15) is 9.90 Å². The fourth-order valence-electron chi connectivity index (χ4n) is 3.44. The Morgan fingerprint density at radius 3 is 2.56 bits per heavy atom. The molecule has 2 aromatic carbocycles. The predicted octanol–water partition coefficient (Wildman–Crippen LogP) is 2.84. The zero-order valence-electron chi connectivity index (χ0n) is 15.0. The van der Waals surface area contributed by atoms with Crippen LogP contribution in [-0.2, 0) is 24.2 Å². The summed E-state index contributed by atoms with van der Waals surface area (Å²) >= 11 is 0. The van der Waals surface area contributed by atoms with Crippen molar-refractivity contribution in [2.45, 2.75) is 31.8 Å². The van der Waals surface area contributed by atoms with Crippen molar-refractivity contribution in [3.05, 3.63) is 65.2 Å². The molecular weight excluding hydrogens is 312 g/mol. The van der Waals surface area contributed by atoms with Crippen molar-refractivity contribution < 1.29 is 9.90 Å². The minimum absolute atomic E-state index is 0.167. The third kappa shape index (κ3) is 4.40. The van der Waals surface area contributed by atoms with Crippen molar-refractivity contribution >= 4 is 5.91 Å². The van der Waals surface area contributed by atoms with E-state index in [0.717, 1.165) is 25.1 Å². The number of aromatic hydroxyl groups is 1. The summed E-state index contributed by atoms with van der Waals surface area (Å²) in [6.45, 7) is 1.69. The van der Waals surface area contributed by atoms with Crippen molar-refractivity contribution in [2.75, 3.05) is 20.6 Å². The molecule has 3 rings (SSSR count). The average Bonchev–Trinajstić information content (AvgIpc) is 2.61. The van der Waals surface area contributed by atoms with E-state index in [-0.39, 0.29) is 11.7 Å². The normalized spacial score (nSPS) is 17.1. The Morgan fingerprint density at radius 1 is 1.16 bits per heavy atom. The van der Waals surface area contributed by atoms with Crippen LogP contribution in [0.15, 0.2) is 48.5 Å². The number of fused-ring (bicyclic) bond motifs is 1. The molecule has 4 heteroatoms. The van der Waals surface area contributed by atoms with Gasteiger partial charge in [-0.25, -0.2) is 0 Å². The number of rotatable bonds is 5. The van der Waals surface area contributed by atoms with Gasteiger partial charge in [0, 0.05) is 32.6 Å². The smallest absolute Gasteiger partial charge is 0.222 e. The first-order valence-corrected chi connectivity index (χ1v) is 8.82. The van der Waals surface area contributed by atoms with Gasteiger partial charge in [0.1, 0.15) is 5.75 Å². The molecule has 2 aromatic rings. The molecule has 1 heterocycles. The lowest BCUT2D eigenvalue weighted by atomic mass is 9.94. The van der Waals surface area contributed by atoms with Gasteiger partial charge in [-0.1, -0.05) is 36.4 Å². The first-order valence-electron chi connectivity index (χ1n) is 8.82. The van der Waals surface area contributed by atoms with Gasteiger partial charge in [0.15, 0.2) is 0 Å². The lowest BCUT2D eigenvalue weighted by Gasteiger charge is -2.36. The molecule has 25 heavy (non-hydrogen) atoms. The molecule has 0 radical (unpaired) electrons. The molecule has 0 saturated carbocycles. The fourth-order valence-corrected chi connectivity index (χ4v) is 3.44. The van der Waals surface area contributed by atoms with Crippen molar-refractivity contribution in [1.82, 2.24) is 9.80 Å². The Balaban J connectivity index is 1.53. The second-order valence-corrected chi connectivity index (χ2v) is 6.98. The molecule has 1 aliphatic heterocycles. The summed E-state index contributed by atoms with van der Waals surface area (Å²) in [5.74, 6) is 0.424. The number of amides is 1. The van der Waals surface area contributed by atoms with E-state index in [0.29, 0.717) is 18.9 Å². The lowest BCUT2D eigenvalue weighted by molar-refractivity contribution is -0.130. The van der Waals surface area contributed by atoms with E-state index in [1.165, 1.54) is 11.1 Å². The summed E-state index contributed by atoms with van der Waals surface area (Å²) in [5.41, 5.74) is 3.86. The molecule has 0 spiro atoms. The van der Waals surface area contributed by atoms with Crippen LogP contribution < -0.4 is 0 Å². The summed E-state index contributed by atoms with van der Waals surface area (Å²) < 4.78 is 0. The fraction of sp³-hybridized carbons (Fsp3) is 0.381. The maximum atomic E-state index is 12.5. The van der Waals surface area contributed by atoms with Gasteiger partial charge in [0.2, 0.25) is 5.91 Å². The Morgan fingerprint density at radius 2 is 1.84 bits per heavy atom. The predicted molar refractivity (Wildman–Crippen MR) is 99.5 cm³/mol. The number of carbonyl (C=O) groups excluding carboxylic acids is 1. The first-order chi connectivity index (χ1) is 12.0. The van der Waals surface area contributed by atoms with Gasteiger partial charge in [-0.2, -0.15) is 0 Å². The van der Waals surface area contributed by atoms with Crippen molar-refractivity contribution in [2.24, 2.45) is 0 Å². The quantitative estimate of drug-likeness (QED) is 0.912. The number of likely N-dealkylation sites (N-methyl/N-ethyl adjacent to an activating group) is 2. The molecule has 1 amide bonds. The molecule has 1 atom stereocenters. The molecule has 0 aromatic heterocycles. The molecule has 0 saturated heterocycles. The molecule has 0 fully saturated rings. The summed E-state index contributed by atoms with van der Waals surface area (Å²) in [6.07, 6.45) is 2.18. The van der Waals surface area contributed by atoms with Gasteiger partial charge in [-0.3, -0.25) is 9.69 Å². The van der Waals surface area contributed by atoms with Gasteiger partial charge in [-0.05, 0) is 48.7 Å². The van der Waals surface area contributed by atoms with Gasteiger partial charge < -0.3 is 10.0 Å². The van der Waals surface area contributed by atoms with E-state index in [1.807, 2.05) is 24.1 Å². The zero-order chi connectivity index (χ0) is 17.8. The standard InChI is InChI=1S/C21H26N2O2/c1-22-14-18-6-4-3-5-17(18)13-19(22)15-23(2)21(25)12-9-16-7-10-20(24)11-8-16/h3-8,10-11,19,24H,9,12-15H2,1-2H3/t19-/m1/s1. The molecule has 0 aliphatic carbocycles. The average molecular weight is 338 g/mol. The number of hydrogen-bond acceptors (Lipinski definition) is 3. The second-order valence-electron chi connectivity index (χ2n) is 6.98. The van der Waals surface area contributed by atoms with E-state index in [1.54, 1.807) is 12.1 Å². The van der Waals surface area contributed by atoms with Crippen LogP contribution in [0.25, 0.3) is 0 Å². The summed E-state index contributed by atoms with van der Waals surface area (Å²) in [6, 6.07) is 16.0. The summed E-state index contributed by atoms with van der Waals surface area (Å²) in [4.78, 5) is 16.7. The Hall–Kier alpha value is -2.33. The number of phenols is 1. The van der Waals surface area contributed by atoms with Gasteiger partial charge >= 0.3 is 0 Å². The third-order valence-corrected chi connectivity index (χ3v) is 5.09. The number of carbonyl (C=O) groups is 1. The number of aryl methyl sites for hydroxylation is 1. The summed E-state index contributed by atoms with van der Waals surface area (Å²) in [5, 5.41) is 9.32. The van der Waals surface area contributed by atoms with Crippen molar-refractivity contribution in [3.63, 3.8) is 0 Å². The van der Waals surface area contributed by atoms with Gasteiger partial charge in [-0.15, -0.1) is 0 Å². The van der Waals surface area contributed by atoms with Crippen LogP contribution in [-0.4, -0.2) is 47.5 Å². The number of benzene rings is 2. The summed E-state index contributed by atoms with van der Waals surface area (Å²) in [7, 11) is 4.03. The van der Waals surface area contributed by atoms with E-state index in [4.69, 9.17) is 0 Å². The molecule has 132 valence electrons. The monoisotopic (exact) mass is 338 g/mol. The highest BCUT2D eigenvalue weighted by atomic mass is 16.3. The zero-order valence-corrected chi connectivity index (χ0v) is 15.0. The highest BCUT2D eigenvalue weighted by Crippen LogP contribution is 2.22. The highest BCUT2D eigenvalue weighted by molar-refractivity contribution is 5.76. The molecule has 4 nitrogen and oxygen atoms in total. The Bertz CT molecular complexity index is 727. The van der Waals surface area contributed by atoms with E-state index in [2.05, 4.69) is 36.2 Å². The lowest BCUT2D eigenvalue weighted by Crippen LogP contribution is -2.46. The van der Waals surface area contributed by atoms with E-state index < -0.39 is 0 Å². The van der Waals surface area contributed by atoms with Crippen LogP contribution in [0.5, 0.6) is 5.75 Å². The number of phenolic OH excluding ortho intramolecular Hbond substituents is 1. The second kappa shape index (κ2) is 7.70. The van der Waals surface area contributed by atoms with Crippen molar-refractivity contribution in [3.8, 4) is 5.75 Å². The largest absolute Gasteiger partial charge is 0.508 e. The maximum Gasteiger partial charge on any atom is 0.222 e. The number of nitrogens with zero attached hydrogens (tertiary/aromatic N) is 2. The highest BCUT2D eigenvalue weighted by Gasteiger charge is 2.25. The molecule has 1 aliphatic rings. The molecule has 0 bridgehead atoms. The third-order valence-electron chi connectivity index (χ3n) is 5.09. The molecule has 0 unspecified atom stereocenters. The number of hydrogen-bond donors (Lipinski definition) is 1. The van der Waals surface area contributed by atoms with Crippen LogP contribution in [0.2, 0.25) is 0 Å². The Labute approximate surface area is 149 Å². The SMILES string of the molecule is CN(C[C@H]1Cc2ccccc2CN1C)C(=O)CCc1ccc(O)cc1. The topological polar surface area (TPSA) is 43.8 Å². The van der Waals surface area contributed by atoms with Crippen LogP contribution >= 0.6 is 0 Å². The minimum atomic E-state index is 0.167. The van der Waals surface area contributed by atoms with Crippen LogP contribution in [0, 0.1) is 0 Å². The molecule has 1 N–H and O–H groups in total. The van der Waals surface area contributed by atoms with Crippen LogP contribution in [0.4, 0.5) is 0 Å². The first kappa shape index (κ1) is 17.5. The minimum Gasteiger partial charge on any atom is -0.508 e. The Kier molecular flexibility index (Phi) is 5.39.